The molecule has 0 amide bonds. The molecule has 0 atom stereocenters. The zero-order valence-electron chi connectivity index (χ0n) is 16.6. The van der Waals surface area contributed by atoms with Crippen LogP contribution in [0.15, 0.2) is 41.2 Å². The van der Waals surface area contributed by atoms with E-state index in [1.807, 2.05) is 6.92 Å². The first kappa shape index (κ1) is 18.1. The van der Waals surface area contributed by atoms with Gasteiger partial charge in [-0.05, 0) is 12.5 Å². The van der Waals surface area contributed by atoms with Crippen LogP contribution in [0.5, 0.6) is 0 Å². The summed E-state index contributed by atoms with van der Waals surface area (Å²) in [5, 5.41) is 6.50. The molecule has 1 aliphatic rings. The maximum Gasteiger partial charge on any atom is 0.277 e. The second-order valence-electron chi connectivity index (χ2n) is 7.35. The minimum absolute atomic E-state index is 0.108. The van der Waals surface area contributed by atoms with Crippen LogP contribution in [0.3, 0.4) is 0 Å². The van der Waals surface area contributed by atoms with Crippen molar-refractivity contribution in [2.24, 2.45) is 0 Å². The molecule has 5 rings (SSSR count). The quantitative estimate of drug-likeness (QED) is 0.521. The lowest BCUT2D eigenvalue weighted by Crippen LogP contribution is -2.47. The number of piperazine rings is 1. The lowest BCUT2D eigenvalue weighted by Gasteiger charge is -2.36. The number of aromatic nitrogens is 4. The molecule has 0 radical (unpaired) electrons. The first-order valence-electron chi connectivity index (χ1n) is 9.94. The molecule has 8 heteroatoms. The molecule has 0 unspecified atom stereocenters. The number of benzene rings is 1. The summed E-state index contributed by atoms with van der Waals surface area (Å²) < 4.78 is 1.42. The monoisotopic (exact) mass is 407 g/mol. The fourth-order valence-electron chi connectivity index (χ4n) is 3.93. The van der Waals surface area contributed by atoms with Crippen LogP contribution >= 0.6 is 11.3 Å². The van der Waals surface area contributed by atoms with Crippen LogP contribution in [-0.2, 0) is 6.42 Å². The maximum atomic E-state index is 12.5. The van der Waals surface area contributed by atoms with Crippen LogP contribution < -0.4 is 20.3 Å². The van der Waals surface area contributed by atoms with E-state index >= 15 is 0 Å². The molecule has 1 saturated heterocycles. The standard InChI is InChI=1S/C21H22N6OS/c1-3-19-24-27-20(28)13-18(23-21(27)29-19)26-10-8-25(9-11-26)17-12-14(2)22-16-7-5-4-6-15(16)17/h4-7,12-13H,3,8-11H2,1-2H3/p+1. The topological polar surface area (TPSA) is 67.9 Å². The molecule has 4 aromatic rings. The molecule has 0 bridgehead atoms. The number of aryl methyl sites for hydroxylation is 2. The Morgan fingerprint density at radius 3 is 2.66 bits per heavy atom. The Morgan fingerprint density at radius 2 is 1.86 bits per heavy atom. The zero-order chi connectivity index (χ0) is 20.0. The van der Waals surface area contributed by atoms with Crippen molar-refractivity contribution in [2.45, 2.75) is 20.3 Å². The summed E-state index contributed by atoms with van der Waals surface area (Å²) in [7, 11) is 0. The van der Waals surface area contributed by atoms with Gasteiger partial charge in [0.2, 0.25) is 10.5 Å². The molecule has 1 N–H and O–H groups in total. The van der Waals surface area contributed by atoms with Gasteiger partial charge in [0.15, 0.2) is 5.69 Å². The normalized spacial score (nSPS) is 14.8. The molecule has 29 heavy (non-hydrogen) atoms. The molecule has 0 aliphatic carbocycles. The van der Waals surface area contributed by atoms with Crippen LogP contribution in [0, 0.1) is 6.92 Å². The molecule has 0 saturated carbocycles. The van der Waals surface area contributed by atoms with Gasteiger partial charge in [0, 0.05) is 51.3 Å². The van der Waals surface area contributed by atoms with Crippen molar-refractivity contribution in [1.82, 2.24) is 14.6 Å². The third kappa shape index (κ3) is 3.23. The number of anilines is 2. The van der Waals surface area contributed by atoms with Gasteiger partial charge in [0.05, 0.1) is 11.1 Å². The molecule has 1 aromatic carbocycles. The lowest BCUT2D eigenvalue weighted by atomic mass is 10.1. The molecular weight excluding hydrogens is 384 g/mol. The highest BCUT2D eigenvalue weighted by molar-refractivity contribution is 7.16. The number of hydrogen-bond acceptors (Lipinski definition) is 6. The number of fused-ring (bicyclic) bond motifs is 2. The van der Waals surface area contributed by atoms with Crippen molar-refractivity contribution < 1.29 is 4.98 Å². The first-order chi connectivity index (χ1) is 14.1. The molecule has 1 fully saturated rings. The van der Waals surface area contributed by atoms with E-state index in [1.165, 1.54) is 26.9 Å². The Labute approximate surface area is 172 Å². The van der Waals surface area contributed by atoms with Crippen molar-refractivity contribution in [3.8, 4) is 0 Å². The Hall–Kier alpha value is -3.00. The smallest absolute Gasteiger partial charge is 0.277 e. The summed E-state index contributed by atoms with van der Waals surface area (Å²) in [5.41, 5.74) is 3.46. The average molecular weight is 408 g/mol. The minimum atomic E-state index is -0.108. The lowest BCUT2D eigenvalue weighted by molar-refractivity contribution is -0.354. The highest BCUT2D eigenvalue weighted by Gasteiger charge is 2.22. The fourth-order valence-corrected chi connectivity index (χ4v) is 4.76. The molecule has 148 valence electrons. The van der Waals surface area contributed by atoms with Gasteiger partial charge in [-0.2, -0.15) is 9.61 Å². The minimum Gasteiger partial charge on any atom is -0.367 e. The Balaban J connectivity index is 1.41. The molecular formula is C21H23N6OS+. The van der Waals surface area contributed by atoms with Crippen molar-refractivity contribution in [3.63, 3.8) is 0 Å². The van der Waals surface area contributed by atoms with Crippen LogP contribution in [0.25, 0.3) is 15.9 Å². The van der Waals surface area contributed by atoms with Crippen LogP contribution in [0.1, 0.15) is 17.6 Å². The number of aromatic amines is 1. The highest BCUT2D eigenvalue weighted by atomic mass is 32.1. The fraction of sp³-hybridized carbons (Fsp3) is 0.333. The molecule has 4 heterocycles. The number of pyridine rings is 1. The second kappa shape index (κ2) is 7.11. The highest BCUT2D eigenvalue weighted by Crippen LogP contribution is 2.27. The number of nitrogens with one attached hydrogen (secondary N) is 1. The van der Waals surface area contributed by atoms with Crippen LogP contribution in [0.2, 0.25) is 0 Å². The summed E-state index contributed by atoms with van der Waals surface area (Å²) in [6.45, 7) is 7.56. The van der Waals surface area contributed by atoms with E-state index in [1.54, 1.807) is 6.07 Å². The van der Waals surface area contributed by atoms with Gasteiger partial charge in [0.25, 0.3) is 5.56 Å². The van der Waals surface area contributed by atoms with E-state index in [0.717, 1.165) is 54.6 Å². The van der Waals surface area contributed by atoms with E-state index in [0.29, 0.717) is 4.96 Å². The van der Waals surface area contributed by atoms with Gasteiger partial charge in [-0.3, -0.25) is 4.79 Å². The van der Waals surface area contributed by atoms with Gasteiger partial charge < -0.3 is 9.80 Å². The SMILES string of the molecule is CCc1nn2c(=O)cc(N3CCN(c4cc(C)[nH+]c5ccccc45)CC3)nc2s1. The Kier molecular flexibility index (Phi) is 4.43. The van der Waals surface area contributed by atoms with Crippen molar-refractivity contribution in [2.75, 3.05) is 36.0 Å². The van der Waals surface area contributed by atoms with Crippen molar-refractivity contribution in [1.29, 1.82) is 0 Å². The van der Waals surface area contributed by atoms with Gasteiger partial charge in [-0.25, -0.2) is 9.97 Å². The Bertz CT molecular complexity index is 1260. The summed E-state index contributed by atoms with van der Waals surface area (Å²) in [4.78, 5) is 25.9. The number of hydrogen-bond donors (Lipinski definition) is 0. The molecule has 0 spiro atoms. The van der Waals surface area contributed by atoms with Crippen molar-refractivity contribution >= 4 is 38.7 Å². The molecule has 7 nitrogen and oxygen atoms in total. The average Bonchev–Trinajstić information content (AvgIpc) is 3.17. The Morgan fingerprint density at radius 1 is 1.10 bits per heavy atom. The number of nitrogens with zero attached hydrogens (tertiary/aromatic N) is 5. The second-order valence-corrected chi connectivity index (χ2v) is 8.39. The van der Waals surface area contributed by atoms with Gasteiger partial charge >= 0.3 is 0 Å². The van der Waals surface area contributed by atoms with Gasteiger partial charge in [-0.1, -0.05) is 30.4 Å². The maximum absolute atomic E-state index is 12.5. The van der Waals surface area contributed by atoms with E-state index in [9.17, 15) is 4.79 Å². The molecule has 3 aromatic heterocycles. The third-order valence-corrected chi connectivity index (χ3v) is 6.46. The third-order valence-electron chi connectivity index (χ3n) is 5.41. The predicted octanol–water partition coefficient (Wildman–Crippen LogP) is 2.32. The predicted molar refractivity (Wildman–Crippen MR) is 116 cm³/mol. The largest absolute Gasteiger partial charge is 0.367 e. The van der Waals surface area contributed by atoms with Crippen LogP contribution in [0.4, 0.5) is 11.5 Å². The number of H-pyrrole nitrogens is 1. The number of para-hydroxylation sites is 1. The molecule has 1 aliphatic heterocycles. The van der Waals surface area contributed by atoms with E-state index in [4.69, 9.17) is 4.98 Å². The summed E-state index contributed by atoms with van der Waals surface area (Å²) in [6.07, 6.45) is 0.809. The van der Waals surface area contributed by atoms with Gasteiger partial charge in [-0.15, -0.1) is 0 Å². The number of rotatable bonds is 3. The van der Waals surface area contributed by atoms with E-state index < -0.39 is 0 Å². The van der Waals surface area contributed by atoms with Crippen molar-refractivity contribution in [3.05, 3.63) is 57.5 Å². The van der Waals surface area contributed by atoms with Gasteiger partial charge in [0.1, 0.15) is 10.8 Å². The van der Waals surface area contributed by atoms with Crippen LogP contribution in [-0.4, -0.2) is 40.8 Å². The van der Waals surface area contributed by atoms with E-state index in [2.05, 4.69) is 57.1 Å². The summed E-state index contributed by atoms with van der Waals surface area (Å²) in [5.74, 6) is 0.753. The zero-order valence-corrected chi connectivity index (χ0v) is 17.4. The van der Waals surface area contributed by atoms with E-state index in [-0.39, 0.29) is 5.56 Å². The summed E-state index contributed by atoms with van der Waals surface area (Å²) in [6, 6.07) is 12.3. The summed E-state index contributed by atoms with van der Waals surface area (Å²) >= 11 is 1.49. The first-order valence-corrected chi connectivity index (χ1v) is 10.8.